The van der Waals surface area contributed by atoms with Crippen LogP contribution < -0.4 is 18.7 Å². The third-order valence-electron chi connectivity index (χ3n) is 6.60. The van der Waals surface area contributed by atoms with Crippen molar-refractivity contribution in [2.45, 2.75) is 23.5 Å². The van der Waals surface area contributed by atoms with Crippen LogP contribution in [0.4, 0.5) is 24.7 Å². The van der Waals surface area contributed by atoms with E-state index in [1.165, 1.54) is 56.6 Å². The van der Waals surface area contributed by atoms with Gasteiger partial charge in [0.25, 0.3) is 10.0 Å². The zero-order valence-electron chi connectivity index (χ0n) is 21.7. The number of halogens is 4. The zero-order chi connectivity index (χ0) is 29.2. The summed E-state index contributed by atoms with van der Waals surface area (Å²) in [6.07, 6.45) is 0.728. The van der Waals surface area contributed by atoms with Gasteiger partial charge < -0.3 is 23.9 Å². The summed E-state index contributed by atoms with van der Waals surface area (Å²) in [6.45, 7) is -0.328. The molecule has 40 heavy (non-hydrogen) atoms. The lowest BCUT2D eigenvalue weighted by Gasteiger charge is -2.49. The Bertz CT molecular complexity index is 1540. The van der Waals surface area contributed by atoms with E-state index in [0.717, 1.165) is 12.1 Å². The molecule has 0 radical (unpaired) electrons. The van der Waals surface area contributed by atoms with E-state index < -0.39 is 55.5 Å². The van der Waals surface area contributed by atoms with E-state index in [-0.39, 0.29) is 36.5 Å². The van der Waals surface area contributed by atoms with Gasteiger partial charge in [-0.15, -0.1) is 0 Å². The van der Waals surface area contributed by atoms with Gasteiger partial charge in [-0.05, 0) is 24.3 Å². The van der Waals surface area contributed by atoms with E-state index in [9.17, 15) is 17.6 Å². The molecule has 1 aromatic heterocycles. The molecular weight excluding hydrogens is 575 g/mol. The number of carbonyl (C=O) groups is 1. The molecule has 0 atom stereocenters. The number of hydrogen-bond donors (Lipinski definition) is 0. The normalized spacial score (nSPS) is 14.4. The van der Waals surface area contributed by atoms with Crippen LogP contribution in [0.5, 0.6) is 11.5 Å². The van der Waals surface area contributed by atoms with E-state index in [0.29, 0.717) is 16.3 Å². The predicted molar refractivity (Wildman–Crippen MR) is 141 cm³/mol. The minimum atomic E-state index is -5.07. The monoisotopic (exact) mass is 599 g/mol. The number of pyridine rings is 1. The highest BCUT2D eigenvalue weighted by Gasteiger charge is 2.45. The van der Waals surface area contributed by atoms with E-state index in [1.54, 1.807) is 0 Å². The maximum atomic E-state index is 15.7. The molecule has 1 aliphatic heterocycles. The van der Waals surface area contributed by atoms with Gasteiger partial charge in [0.05, 0.1) is 26.5 Å². The van der Waals surface area contributed by atoms with Gasteiger partial charge in [-0.3, -0.25) is 0 Å². The molecule has 1 fully saturated rings. The molecule has 0 aliphatic carbocycles. The summed E-state index contributed by atoms with van der Waals surface area (Å²) in [5.41, 5.74) is -0.686. The molecule has 1 aliphatic rings. The molecule has 14 heteroatoms. The SMILES string of the molecule is COc1ccc(CN(c2cccc(F)n2)S(=O)(=O)c2c(F)cc(N3CC(CC=O)(OC)C3)c(Cl)c2F)c(OC)c1. The highest BCUT2D eigenvalue weighted by Crippen LogP contribution is 2.41. The molecule has 3 aromatic rings. The zero-order valence-corrected chi connectivity index (χ0v) is 23.2. The number of carbonyl (C=O) groups excluding carboxylic acids is 1. The van der Waals surface area contributed by atoms with Gasteiger partial charge in [-0.25, -0.2) is 26.5 Å². The molecule has 9 nitrogen and oxygen atoms in total. The maximum absolute atomic E-state index is 15.7. The summed E-state index contributed by atoms with van der Waals surface area (Å²) >= 11 is 6.23. The Hall–Kier alpha value is -3.55. The molecule has 0 unspecified atom stereocenters. The van der Waals surface area contributed by atoms with Gasteiger partial charge in [-0.2, -0.15) is 4.39 Å². The number of ether oxygens (including phenoxy) is 3. The van der Waals surface area contributed by atoms with E-state index in [4.69, 9.17) is 25.8 Å². The van der Waals surface area contributed by atoms with Crippen LogP contribution in [0.15, 0.2) is 47.4 Å². The van der Waals surface area contributed by atoms with Crippen LogP contribution in [0, 0.1) is 17.6 Å². The van der Waals surface area contributed by atoms with Gasteiger partial charge in [0.15, 0.2) is 10.7 Å². The third-order valence-corrected chi connectivity index (χ3v) is 8.74. The number of sulfonamides is 1. The fourth-order valence-corrected chi connectivity index (χ4v) is 6.25. The molecule has 0 bridgehead atoms. The van der Waals surface area contributed by atoms with E-state index >= 15 is 8.78 Å². The van der Waals surface area contributed by atoms with Gasteiger partial charge in [-0.1, -0.05) is 17.7 Å². The Morgan fingerprint density at radius 2 is 1.82 bits per heavy atom. The molecule has 0 amide bonds. The van der Waals surface area contributed by atoms with Crippen molar-refractivity contribution in [2.75, 3.05) is 43.6 Å². The first-order valence-electron chi connectivity index (χ1n) is 11.8. The van der Waals surface area contributed by atoms with Crippen molar-refractivity contribution in [3.05, 3.63) is 70.6 Å². The Morgan fingerprint density at radius 1 is 1.10 bits per heavy atom. The number of rotatable bonds is 11. The largest absolute Gasteiger partial charge is 0.497 e. The van der Waals surface area contributed by atoms with Crippen molar-refractivity contribution < 1.29 is 40.6 Å². The maximum Gasteiger partial charge on any atom is 0.271 e. The smallest absolute Gasteiger partial charge is 0.271 e. The number of aromatic nitrogens is 1. The van der Waals surface area contributed by atoms with Crippen molar-refractivity contribution in [3.8, 4) is 11.5 Å². The van der Waals surface area contributed by atoms with Crippen molar-refractivity contribution >= 4 is 39.4 Å². The summed E-state index contributed by atoms with van der Waals surface area (Å²) in [6, 6.07) is 8.69. The number of benzene rings is 2. The number of hydrogen-bond acceptors (Lipinski definition) is 8. The van der Waals surface area contributed by atoms with Crippen molar-refractivity contribution in [3.63, 3.8) is 0 Å². The van der Waals surface area contributed by atoms with Crippen LogP contribution in [-0.2, 0) is 26.1 Å². The molecule has 1 saturated heterocycles. The minimum Gasteiger partial charge on any atom is -0.497 e. The number of aldehydes is 1. The molecule has 2 heterocycles. The first kappa shape index (κ1) is 29.4. The molecule has 4 rings (SSSR count). The second-order valence-corrected chi connectivity index (χ2v) is 11.1. The van der Waals surface area contributed by atoms with Crippen molar-refractivity contribution in [1.82, 2.24) is 4.98 Å². The molecule has 214 valence electrons. The predicted octanol–water partition coefficient (Wildman–Crippen LogP) is 4.36. The summed E-state index contributed by atoms with van der Waals surface area (Å²) in [7, 11) is -0.884. The van der Waals surface area contributed by atoms with Crippen LogP contribution in [0.2, 0.25) is 5.02 Å². The van der Waals surface area contributed by atoms with Crippen LogP contribution in [0.3, 0.4) is 0 Å². The summed E-state index contributed by atoms with van der Waals surface area (Å²) in [4.78, 5) is 14.7. The molecule has 2 aromatic carbocycles. The lowest BCUT2D eigenvalue weighted by molar-refractivity contribution is -0.115. The highest BCUT2D eigenvalue weighted by molar-refractivity contribution is 7.92. The molecule has 0 spiro atoms. The first-order chi connectivity index (χ1) is 19.0. The molecular formula is C26H25ClF3N3O6S. The second kappa shape index (κ2) is 11.5. The van der Waals surface area contributed by atoms with Gasteiger partial charge in [0.1, 0.15) is 40.0 Å². The number of methoxy groups -OCH3 is 3. The summed E-state index contributed by atoms with van der Waals surface area (Å²) < 4.78 is 89.4. The second-order valence-electron chi connectivity index (χ2n) is 8.96. The fourth-order valence-electron chi connectivity index (χ4n) is 4.42. The van der Waals surface area contributed by atoms with Crippen LogP contribution in [-0.4, -0.2) is 59.7 Å². The Morgan fingerprint density at radius 3 is 2.42 bits per heavy atom. The van der Waals surface area contributed by atoms with Crippen molar-refractivity contribution in [1.29, 1.82) is 0 Å². The molecule has 0 saturated carbocycles. The fraction of sp³-hybridized carbons (Fsp3) is 0.308. The quantitative estimate of drug-likeness (QED) is 0.182. The van der Waals surface area contributed by atoms with Crippen LogP contribution >= 0.6 is 11.6 Å². The average Bonchev–Trinajstić information content (AvgIpc) is 2.91. The lowest BCUT2D eigenvalue weighted by atomic mass is 9.90. The van der Waals surface area contributed by atoms with Crippen LogP contribution in [0.1, 0.15) is 12.0 Å². The van der Waals surface area contributed by atoms with E-state index in [2.05, 4.69) is 4.98 Å². The Kier molecular flexibility index (Phi) is 8.47. The topological polar surface area (TPSA) is 98.3 Å². The first-order valence-corrected chi connectivity index (χ1v) is 13.6. The summed E-state index contributed by atoms with van der Waals surface area (Å²) in [5.74, 6) is -3.79. The number of anilines is 2. The van der Waals surface area contributed by atoms with Crippen LogP contribution in [0.25, 0.3) is 0 Å². The highest BCUT2D eigenvalue weighted by atomic mass is 35.5. The lowest BCUT2D eigenvalue weighted by Crippen LogP contribution is -2.63. The van der Waals surface area contributed by atoms with Gasteiger partial charge >= 0.3 is 0 Å². The Labute approximate surface area is 234 Å². The Balaban J connectivity index is 1.79. The number of nitrogens with zero attached hydrogens (tertiary/aromatic N) is 3. The minimum absolute atomic E-state index is 0.0550. The standard InChI is InChI=1S/C26H25ClF3N3O6S/c1-37-17-8-7-16(20(11-17)38-2)13-33(22-6-4-5-21(29)31-22)40(35,36)25-18(28)12-19(23(27)24(25)30)32-14-26(15-32,39-3)9-10-34/h4-8,10-12H,9,13-15H2,1-3H3. The van der Waals surface area contributed by atoms with E-state index in [1.807, 2.05) is 0 Å². The average molecular weight is 600 g/mol. The summed E-state index contributed by atoms with van der Waals surface area (Å²) in [5, 5.41) is -0.648. The van der Waals surface area contributed by atoms with Crippen molar-refractivity contribution in [2.24, 2.45) is 0 Å². The molecule has 0 N–H and O–H groups in total. The van der Waals surface area contributed by atoms with Gasteiger partial charge in [0.2, 0.25) is 5.95 Å². The third kappa shape index (κ3) is 5.40. The van der Waals surface area contributed by atoms with Gasteiger partial charge in [0, 0.05) is 44.3 Å².